The molecule has 0 spiro atoms. The van der Waals surface area contributed by atoms with Crippen LogP contribution >= 0.6 is 34.8 Å². The maximum atomic E-state index is 9.78. The van der Waals surface area contributed by atoms with Gasteiger partial charge in [0.2, 0.25) is 5.24 Å². The maximum absolute atomic E-state index is 9.78. The third kappa shape index (κ3) is 13.9. The second-order valence-electron chi connectivity index (χ2n) is 3.44. The number of hydrogen-bond donors (Lipinski definition) is 1. The molecule has 0 radical (unpaired) electrons. The van der Waals surface area contributed by atoms with Crippen molar-refractivity contribution < 1.29 is 9.90 Å². The molecule has 0 atom stereocenters. The van der Waals surface area contributed by atoms with Crippen molar-refractivity contribution in [3.05, 3.63) is 25.3 Å². The van der Waals surface area contributed by atoms with Crippen LogP contribution in [0.25, 0.3) is 0 Å². The summed E-state index contributed by atoms with van der Waals surface area (Å²) in [5, 5.41) is 9.41. The summed E-state index contributed by atoms with van der Waals surface area (Å²) in [4.78, 5) is 9.72. The van der Waals surface area contributed by atoms with Gasteiger partial charge in [0, 0.05) is 18.2 Å². The molecule has 5 heteroatoms. The monoisotopic (exact) mass is 300 g/mol. The number of aliphatic hydroxyl groups is 1. The fraction of sp³-hybridized carbons (Fsp3) is 0.583. The SMILES string of the molecule is C=CCC(O)(CC=C)CCCl.O=C(Cl)CCCl. The Hall–Kier alpha value is -0.0200. The summed E-state index contributed by atoms with van der Waals surface area (Å²) in [7, 11) is 0. The molecule has 2 nitrogen and oxygen atoms in total. The second kappa shape index (κ2) is 12.4. The highest BCUT2D eigenvalue weighted by Gasteiger charge is 2.22. The van der Waals surface area contributed by atoms with Gasteiger partial charge in [0.25, 0.3) is 0 Å². The maximum Gasteiger partial charge on any atom is 0.222 e. The van der Waals surface area contributed by atoms with Crippen LogP contribution in [0.1, 0.15) is 25.7 Å². The average molecular weight is 302 g/mol. The predicted molar refractivity (Wildman–Crippen MR) is 76.1 cm³/mol. The zero-order chi connectivity index (χ0) is 13.7. The van der Waals surface area contributed by atoms with Crippen molar-refractivity contribution in [1.82, 2.24) is 0 Å². The van der Waals surface area contributed by atoms with Crippen LogP contribution in [0.4, 0.5) is 0 Å². The Kier molecular flexibility index (Phi) is 14.1. The van der Waals surface area contributed by atoms with Gasteiger partial charge in [-0.2, -0.15) is 0 Å². The van der Waals surface area contributed by atoms with Crippen LogP contribution in [0.3, 0.4) is 0 Å². The fourth-order valence-corrected chi connectivity index (χ4v) is 1.79. The number of carbonyl (C=O) groups is 1. The molecule has 0 fully saturated rings. The van der Waals surface area contributed by atoms with Gasteiger partial charge in [-0.25, -0.2) is 0 Å². The summed E-state index contributed by atoms with van der Waals surface area (Å²) >= 11 is 15.5. The van der Waals surface area contributed by atoms with Crippen molar-refractivity contribution in [2.45, 2.75) is 31.3 Å². The van der Waals surface area contributed by atoms with Crippen LogP contribution in [-0.2, 0) is 4.79 Å². The molecule has 0 aromatic carbocycles. The number of alkyl halides is 2. The third-order valence-corrected chi connectivity index (χ3v) is 2.47. The fourth-order valence-electron chi connectivity index (χ4n) is 1.07. The molecule has 0 unspecified atom stereocenters. The predicted octanol–water partition coefficient (Wildman–Crippen LogP) is 3.88. The van der Waals surface area contributed by atoms with E-state index >= 15 is 0 Å². The normalized spacial score (nSPS) is 10.1. The summed E-state index contributed by atoms with van der Waals surface area (Å²) in [5.74, 6) is 0.792. The van der Waals surface area contributed by atoms with Gasteiger partial charge in [-0.05, 0) is 30.9 Å². The quantitative estimate of drug-likeness (QED) is 0.420. The molecular formula is C12H19Cl3O2. The molecule has 0 aliphatic carbocycles. The Morgan fingerprint density at radius 2 is 1.65 bits per heavy atom. The zero-order valence-electron chi connectivity index (χ0n) is 9.80. The highest BCUT2D eigenvalue weighted by atomic mass is 35.5. The van der Waals surface area contributed by atoms with E-state index in [9.17, 15) is 9.90 Å². The van der Waals surface area contributed by atoms with Gasteiger partial charge in [0.05, 0.1) is 5.60 Å². The van der Waals surface area contributed by atoms with Crippen molar-refractivity contribution in [2.75, 3.05) is 11.8 Å². The molecule has 0 aromatic heterocycles. The lowest BCUT2D eigenvalue weighted by atomic mass is 9.93. The number of carbonyl (C=O) groups excluding carboxylic acids is 1. The first-order valence-electron chi connectivity index (χ1n) is 5.20. The molecule has 100 valence electrons. The van der Waals surface area contributed by atoms with E-state index in [2.05, 4.69) is 13.2 Å². The Bertz CT molecular complexity index is 220. The summed E-state index contributed by atoms with van der Waals surface area (Å²) in [6.45, 7) is 7.15. The lowest BCUT2D eigenvalue weighted by molar-refractivity contribution is -0.111. The first-order chi connectivity index (χ1) is 7.95. The van der Waals surface area contributed by atoms with Crippen molar-refractivity contribution in [3.63, 3.8) is 0 Å². The van der Waals surface area contributed by atoms with Crippen LogP contribution in [-0.4, -0.2) is 27.7 Å². The molecule has 0 amide bonds. The van der Waals surface area contributed by atoms with Crippen LogP contribution in [0.15, 0.2) is 25.3 Å². The van der Waals surface area contributed by atoms with Gasteiger partial charge in [-0.3, -0.25) is 4.79 Å². The van der Waals surface area contributed by atoms with Gasteiger partial charge in [-0.15, -0.1) is 36.4 Å². The van der Waals surface area contributed by atoms with E-state index in [0.717, 1.165) is 0 Å². The van der Waals surface area contributed by atoms with Crippen molar-refractivity contribution in [1.29, 1.82) is 0 Å². The van der Waals surface area contributed by atoms with Crippen molar-refractivity contribution >= 4 is 40.0 Å². The lowest BCUT2D eigenvalue weighted by Crippen LogP contribution is -2.27. The molecule has 0 aliphatic rings. The molecule has 0 aromatic rings. The van der Waals surface area contributed by atoms with E-state index in [0.29, 0.717) is 31.0 Å². The summed E-state index contributed by atoms with van der Waals surface area (Å²) in [5.41, 5.74) is -0.717. The molecule has 0 heterocycles. The molecule has 0 bridgehead atoms. The van der Waals surface area contributed by atoms with Crippen LogP contribution in [0, 0.1) is 0 Å². The first-order valence-corrected chi connectivity index (χ1v) is 6.65. The number of rotatable bonds is 8. The topological polar surface area (TPSA) is 37.3 Å². The first kappa shape index (κ1) is 19.3. The largest absolute Gasteiger partial charge is 0.389 e. The molecule has 1 N–H and O–H groups in total. The third-order valence-electron chi connectivity index (χ3n) is 1.90. The highest BCUT2D eigenvalue weighted by Crippen LogP contribution is 2.21. The molecule has 0 saturated carbocycles. The van der Waals surface area contributed by atoms with E-state index in [1.807, 2.05) is 0 Å². The van der Waals surface area contributed by atoms with E-state index in [1.165, 1.54) is 0 Å². The zero-order valence-corrected chi connectivity index (χ0v) is 12.1. The summed E-state index contributed by atoms with van der Waals surface area (Å²) in [6.07, 6.45) is 5.42. The van der Waals surface area contributed by atoms with Gasteiger partial charge in [0.1, 0.15) is 0 Å². The molecular weight excluding hydrogens is 282 g/mol. The Balaban J connectivity index is 0. The van der Waals surface area contributed by atoms with Crippen molar-refractivity contribution in [2.24, 2.45) is 0 Å². The van der Waals surface area contributed by atoms with Crippen molar-refractivity contribution in [3.8, 4) is 0 Å². The van der Waals surface area contributed by atoms with Gasteiger partial charge in [-0.1, -0.05) is 12.2 Å². The number of halogens is 3. The number of hydrogen-bond acceptors (Lipinski definition) is 2. The smallest absolute Gasteiger partial charge is 0.222 e. The second-order valence-corrected chi connectivity index (χ2v) is 4.62. The molecule has 17 heavy (non-hydrogen) atoms. The standard InChI is InChI=1S/C9H15ClO.C3H4Cl2O/c1-3-5-9(11,6-4-2)7-8-10;4-2-1-3(5)6/h3-4,11H,1-2,5-8H2;1-2H2. The minimum Gasteiger partial charge on any atom is -0.389 e. The van der Waals surface area contributed by atoms with E-state index in [4.69, 9.17) is 34.8 Å². The van der Waals surface area contributed by atoms with E-state index in [1.54, 1.807) is 12.2 Å². The van der Waals surface area contributed by atoms with E-state index in [-0.39, 0.29) is 11.7 Å². The Labute approximate surface area is 118 Å². The van der Waals surface area contributed by atoms with Gasteiger partial charge in [0.15, 0.2) is 0 Å². The summed E-state index contributed by atoms with van der Waals surface area (Å²) < 4.78 is 0. The minimum atomic E-state index is -0.717. The van der Waals surface area contributed by atoms with Gasteiger partial charge < -0.3 is 5.11 Å². The van der Waals surface area contributed by atoms with Crippen LogP contribution < -0.4 is 0 Å². The minimum absolute atomic E-state index is 0.267. The average Bonchev–Trinajstić information content (AvgIpc) is 2.19. The summed E-state index contributed by atoms with van der Waals surface area (Å²) in [6, 6.07) is 0. The van der Waals surface area contributed by atoms with Gasteiger partial charge >= 0.3 is 0 Å². The molecule has 0 saturated heterocycles. The lowest BCUT2D eigenvalue weighted by Gasteiger charge is -2.24. The van der Waals surface area contributed by atoms with Crippen LogP contribution in [0.2, 0.25) is 0 Å². The highest BCUT2D eigenvalue weighted by molar-refractivity contribution is 6.63. The Morgan fingerprint density at radius 1 is 1.18 bits per heavy atom. The molecule has 0 aliphatic heterocycles. The Morgan fingerprint density at radius 3 is 1.82 bits per heavy atom. The van der Waals surface area contributed by atoms with Crippen LogP contribution in [0.5, 0.6) is 0 Å². The van der Waals surface area contributed by atoms with E-state index < -0.39 is 5.60 Å². The molecule has 0 rings (SSSR count).